The van der Waals surface area contributed by atoms with Gasteiger partial charge in [-0.05, 0) is 36.2 Å². The summed E-state index contributed by atoms with van der Waals surface area (Å²) < 4.78 is 18.4. The van der Waals surface area contributed by atoms with Gasteiger partial charge in [-0.25, -0.2) is 0 Å². The van der Waals surface area contributed by atoms with Crippen LogP contribution in [0.3, 0.4) is 0 Å². The van der Waals surface area contributed by atoms with Gasteiger partial charge in [-0.2, -0.15) is 0 Å². The van der Waals surface area contributed by atoms with Crippen LogP contribution in [0.5, 0.6) is 5.75 Å². The van der Waals surface area contributed by atoms with E-state index in [1.807, 2.05) is 30.3 Å². The summed E-state index contributed by atoms with van der Waals surface area (Å²) >= 11 is 0. The fourth-order valence-electron chi connectivity index (χ4n) is 4.06. The Kier molecular flexibility index (Phi) is 7.62. The molecule has 2 aromatic carbocycles. The summed E-state index contributed by atoms with van der Waals surface area (Å²) in [7, 11) is 0. The zero-order chi connectivity index (χ0) is 21.4. The van der Waals surface area contributed by atoms with Crippen molar-refractivity contribution in [2.45, 2.75) is 38.2 Å². The SMILES string of the molecule is CCCC1N2CCOC1(c1ccc(OCc3ccccc3)cc1)OCC2.O=[N+]([O-])O. The fraction of sp³-hybridized carbons (Fsp3) is 0.455. The second-order valence-corrected chi connectivity index (χ2v) is 7.24. The topological polar surface area (TPSA) is 94.3 Å². The number of rotatable bonds is 6. The lowest BCUT2D eigenvalue weighted by molar-refractivity contribution is -0.742. The standard InChI is InChI=1S/C22H27NO3.HNO3/c1-2-6-21-22(25-15-13-23(21)14-16-26-22)19-9-11-20(12-10-19)24-17-18-7-4-3-5-8-18;2-1(3)4/h3-5,7-12,21H,2,6,13-17H2,1H3;(H,2,3,4). The molecule has 1 N–H and O–H groups in total. The van der Waals surface area contributed by atoms with Crippen LogP contribution >= 0.6 is 0 Å². The van der Waals surface area contributed by atoms with Crippen LogP contribution in [0.1, 0.15) is 30.9 Å². The molecule has 0 radical (unpaired) electrons. The van der Waals surface area contributed by atoms with Crippen LogP contribution < -0.4 is 4.74 Å². The molecule has 0 aromatic heterocycles. The zero-order valence-electron chi connectivity index (χ0n) is 17.1. The van der Waals surface area contributed by atoms with Crippen LogP contribution in [0, 0.1) is 10.1 Å². The number of ether oxygens (including phenoxy) is 3. The van der Waals surface area contributed by atoms with Crippen molar-refractivity contribution in [2.75, 3.05) is 26.3 Å². The minimum atomic E-state index is -1.50. The summed E-state index contributed by atoms with van der Waals surface area (Å²) in [4.78, 5) is 10.9. The molecule has 8 nitrogen and oxygen atoms in total. The highest BCUT2D eigenvalue weighted by atomic mass is 16.9. The number of nitrogens with zero attached hydrogens (tertiary/aromatic N) is 2. The molecule has 4 rings (SSSR count). The van der Waals surface area contributed by atoms with Crippen LogP contribution in [-0.2, 0) is 21.9 Å². The number of benzene rings is 2. The molecular weight excluding hydrogens is 388 g/mol. The molecule has 1 unspecified atom stereocenters. The van der Waals surface area contributed by atoms with Gasteiger partial charge in [-0.3, -0.25) is 4.90 Å². The van der Waals surface area contributed by atoms with E-state index in [1.54, 1.807) is 0 Å². The average Bonchev–Trinajstić information content (AvgIpc) is 2.73. The predicted octanol–water partition coefficient (Wildman–Crippen LogP) is 3.60. The van der Waals surface area contributed by atoms with E-state index in [0.717, 1.165) is 37.2 Å². The van der Waals surface area contributed by atoms with Gasteiger partial charge in [0.2, 0.25) is 5.79 Å². The van der Waals surface area contributed by atoms with E-state index in [2.05, 4.69) is 36.1 Å². The second kappa shape index (κ2) is 10.4. The second-order valence-electron chi connectivity index (χ2n) is 7.24. The molecule has 162 valence electrons. The van der Waals surface area contributed by atoms with Crippen molar-refractivity contribution in [1.29, 1.82) is 0 Å². The summed E-state index contributed by atoms with van der Waals surface area (Å²) in [5.74, 6) is 0.231. The van der Waals surface area contributed by atoms with Crippen molar-refractivity contribution >= 4 is 0 Å². The van der Waals surface area contributed by atoms with E-state index in [1.165, 1.54) is 5.56 Å². The smallest absolute Gasteiger partial charge is 0.291 e. The highest BCUT2D eigenvalue weighted by Gasteiger charge is 2.50. The van der Waals surface area contributed by atoms with Crippen molar-refractivity contribution in [3.8, 4) is 5.75 Å². The van der Waals surface area contributed by atoms with Crippen molar-refractivity contribution in [3.63, 3.8) is 0 Å². The molecule has 2 aliphatic heterocycles. The minimum absolute atomic E-state index is 0.283. The first-order valence-corrected chi connectivity index (χ1v) is 10.2. The summed E-state index contributed by atoms with van der Waals surface area (Å²) in [6.07, 6.45) is 2.19. The third kappa shape index (κ3) is 5.27. The Hall–Kier alpha value is -2.68. The normalized spacial score (nSPS) is 25.0. The number of fused-ring (bicyclic) bond motifs is 2. The third-order valence-electron chi connectivity index (χ3n) is 5.34. The van der Waals surface area contributed by atoms with E-state index in [-0.39, 0.29) is 6.04 Å². The molecule has 30 heavy (non-hydrogen) atoms. The van der Waals surface area contributed by atoms with Gasteiger partial charge in [0.05, 0.1) is 19.3 Å². The molecule has 2 fully saturated rings. The molecule has 0 aliphatic carbocycles. The van der Waals surface area contributed by atoms with Gasteiger partial charge in [0, 0.05) is 18.7 Å². The lowest BCUT2D eigenvalue weighted by atomic mass is 9.90. The summed E-state index contributed by atoms with van der Waals surface area (Å²) in [5, 5.41) is 13.6. The van der Waals surface area contributed by atoms with Crippen LogP contribution in [-0.4, -0.2) is 47.5 Å². The van der Waals surface area contributed by atoms with E-state index in [9.17, 15) is 0 Å². The molecule has 0 spiro atoms. The van der Waals surface area contributed by atoms with Gasteiger partial charge in [0.15, 0.2) is 0 Å². The van der Waals surface area contributed by atoms with Crippen molar-refractivity contribution in [2.24, 2.45) is 0 Å². The molecule has 2 aromatic rings. The number of hydrogen-bond donors (Lipinski definition) is 1. The molecule has 0 saturated carbocycles. The highest BCUT2D eigenvalue weighted by molar-refractivity contribution is 5.32. The van der Waals surface area contributed by atoms with Crippen LogP contribution in [0.2, 0.25) is 0 Å². The zero-order valence-corrected chi connectivity index (χ0v) is 17.1. The van der Waals surface area contributed by atoms with E-state index >= 15 is 0 Å². The first kappa shape index (κ1) is 22.0. The third-order valence-corrected chi connectivity index (χ3v) is 5.34. The molecule has 2 saturated heterocycles. The quantitative estimate of drug-likeness (QED) is 0.568. The Labute approximate surface area is 176 Å². The highest BCUT2D eigenvalue weighted by Crippen LogP contribution is 2.41. The molecule has 1 atom stereocenters. The Bertz CT molecular complexity index is 785. The number of morpholine rings is 2. The van der Waals surface area contributed by atoms with Crippen LogP contribution in [0.15, 0.2) is 54.6 Å². The van der Waals surface area contributed by atoms with Crippen molar-refractivity contribution in [3.05, 3.63) is 75.8 Å². The van der Waals surface area contributed by atoms with Crippen LogP contribution in [0.25, 0.3) is 0 Å². The average molecular weight is 416 g/mol. The largest absolute Gasteiger partial charge is 0.489 e. The summed E-state index contributed by atoms with van der Waals surface area (Å²) in [6.45, 7) is 6.21. The molecule has 2 aliphatic rings. The van der Waals surface area contributed by atoms with E-state index in [4.69, 9.17) is 29.5 Å². The van der Waals surface area contributed by atoms with Crippen molar-refractivity contribution in [1.82, 2.24) is 4.90 Å². The van der Waals surface area contributed by atoms with E-state index in [0.29, 0.717) is 19.8 Å². The maximum Gasteiger partial charge on any atom is 0.291 e. The van der Waals surface area contributed by atoms with Gasteiger partial charge >= 0.3 is 0 Å². The Morgan fingerprint density at radius 3 is 2.30 bits per heavy atom. The molecule has 2 bridgehead atoms. The monoisotopic (exact) mass is 416 g/mol. The lowest BCUT2D eigenvalue weighted by Crippen LogP contribution is -2.63. The van der Waals surface area contributed by atoms with Gasteiger partial charge in [-0.15, -0.1) is 10.1 Å². The molecule has 8 heteroatoms. The van der Waals surface area contributed by atoms with Gasteiger partial charge in [-0.1, -0.05) is 43.7 Å². The van der Waals surface area contributed by atoms with Gasteiger partial charge in [0.25, 0.3) is 5.09 Å². The maximum absolute atomic E-state index is 8.36. The Balaban J connectivity index is 0.000000589. The van der Waals surface area contributed by atoms with Gasteiger partial charge < -0.3 is 19.4 Å². The first-order valence-electron chi connectivity index (χ1n) is 10.2. The maximum atomic E-state index is 8.36. The molecular formula is C22H28N2O6. The summed E-state index contributed by atoms with van der Waals surface area (Å²) in [5.41, 5.74) is 2.26. The Morgan fingerprint density at radius 1 is 1.13 bits per heavy atom. The predicted molar refractivity (Wildman–Crippen MR) is 110 cm³/mol. The lowest BCUT2D eigenvalue weighted by Gasteiger charge is -2.53. The number of hydrogen-bond acceptors (Lipinski definition) is 6. The van der Waals surface area contributed by atoms with E-state index < -0.39 is 10.9 Å². The van der Waals surface area contributed by atoms with Crippen LogP contribution in [0.4, 0.5) is 0 Å². The Morgan fingerprint density at radius 2 is 1.73 bits per heavy atom. The van der Waals surface area contributed by atoms with Crippen molar-refractivity contribution < 1.29 is 24.5 Å². The molecule has 2 heterocycles. The molecule has 0 amide bonds. The fourth-order valence-corrected chi connectivity index (χ4v) is 4.06. The minimum Gasteiger partial charge on any atom is -0.489 e. The summed E-state index contributed by atoms with van der Waals surface area (Å²) in [6, 6.07) is 18.7. The first-order chi connectivity index (χ1) is 14.5. The van der Waals surface area contributed by atoms with Gasteiger partial charge in [0.1, 0.15) is 12.4 Å².